The first-order valence-electron chi connectivity index (χ1n) is 5.63. The van der Waals surface area contributed by atoms with Crippen LogP contribution >= 0.6 is 0 Å². The van der Waals surface area contributed by atoms with Gasteiger partial charge in [0.1, 0.15) is 13.2 Å². The fourth-order valence-corrected chi connectivity index (χ4v) is 1.00. The molecule has 17 heavy (non-hydrogen) atoms. The Morgan fingerprint density at radius 1 is 1.06 bits per heavy atom. The van der Waals surface area contributed by atoms with Crippen molar-refractivity contribution in [1.29, 1.82) is 0 Å². The number of hydrogen-bond acceptors (Lipinski definition) is 6. The van der Waals surface area contributed by atoms with Crippen LogP contribution in [0.15, 0.2) is 0 Å². The van der Waals surface area contributed by atoms with Gasteiger partial charge in [-0.1, -0.05) is 6.92 Å². The Morgan fingerprint density at radius 3 is 2.24 bits per heavy atom. The first-order valence-corrected chi connectivity index (χ1v) is 5.63. The molecule has 0 aliphatic heterocycles. The standard InChI is InChI=1S/C11H22O6/c1-4-10(14-3)9-15-6-8-17-11(12)16-7-5-13-2/h10H,4-9H2,1-3H3. The lowest BCUT2D eigenvalue weighted by molar-refractivity contribution is -0.0168. The molecule has 102 valence electrons. The van der Waals surface area contributed by atoms with Crippen molar-refractivity contribution in [2.45, 2.75) is 19.4 Å². The van der Waals surface area contributed by atoms with Crippen molar-refractivity contribution in [2.24, 2.45) is 0 Å². The van der Waals surface area contributed by atoms with E-state index in [0.29, 0.717) is 19.8 Å². The summed E-state index contributed by atoms with van der Waals surface area (Å²) in [6, 6.07) is 0. The highest BCUT2D eigenvalue weighted by atomic mass is 16.7. The third-order valence-electron chi connectivity index (χ3n) is 2.05. The second-order valence-corrected chi connectivity index (χ2v) is 3.28. The number of rotatable bonds is 10. The summed E-state index contributed by atoms with van der Waals surface area (Å²) in [6.45, 7) is 3.57. The van der Waals surface area contributed by atoms with Gasteiger partial charge in [-0.3, -0.25) is 0 Å². The van der Waals surface area contributed by atoms with Gasteiger partial charge in [-0.25, -0.2) is 4.79 Å². The molecule has 6 heteroatoms. The summed E-state index contributed by atoms with van der Waals surface area (Å²) in [7, 11) is 3.17. The van der Waals surface area contributed by atoms with Gasteiger partial charge in [0.25, 0.3) is 0 Å². The molecule has 0 aromatic carbocycles. The quantitative estimate of drug-likeness (QED) is 0.429. The number of hydrogen-bond donors (Lipinski definition) is 0. The van der Waals surface area contributed by atoms with Crippen LogP contribution in [0.3, 0.4) is 0 Å². The van der Waals surface area contributed by atoms with E-state index in [1.54, 1.807) is 7.11 Å². The zero-order chi connectivity index (χ0) is 12.9. The maximum Gasteiger partial charge on any atom is 0.508 e. The van der Waals surface area contributed by atoms with Crippen molar-refractivity contribution in [3.8, 4) is 0 Å². The summed E-state index contributed by atoms with van der Waals surface area (Å²) < 4.78 is 24.5. The normalized spacial score (nSPS) is 12.2. The molecule has 0 heterocycles. The van der Waals surface area contributed by atoms with E-state index in [0.717, 1.165) is 6.42 Å². The van der Waals surface area contributed by atoms with Gasteiger partial charge in [0.2, 0.25) is 0 Å². The van der Waals surface area contributed by atoms with Crippen LogP contribution in [0.1, 0.15) is 13.3 Å². The molecule has 0 rings (SSSR count). The average Bonchev–Trinajstić information content (AvgIpc) is 2.34. The summed E-state index contributed by atoms with van der Waals surface area (Å²) in [5.41, 5.74) is 0. The van der Waals surface area contributed by atoms with Gasteiger partial charge >= 0.3 is 6.16 Å². The van der Waals surface area contributed by atoms with Crippen LogP contribution < -0.4 is 0 Å². The molecule has 1 unspecified atom stereocenters. The average molecular weight is 250 g/mol. The lowest BCUT2D eigenvalue weighted by Gasteiger charge is -2.13. The van der Waals surface area contributed by atoms with Crippen molar-refractivity contribution in [1.82, 2.24) is 0 Å². The molecular weight excluding hydrogens is 228 g/mol. The Morgan fingerprint density at radius 2 is 1.71 bits per heavy atom. The third-order valence-corrected chi connectivity index (χ3v) is 2.05. The van der Waals surface area contributed by atoms with Crippen molar-refractivity contribution < 1.29 is 28.5 Å². The largest absolute Gasteiger partial charge is 0.508 e. The molecular formula is C11H22O6. The Kier molecular flexibility index (Phi) is 11.0. The van der Waals surface area contributed by atoms with Crippen molar-refractivity contribution in [2.75, 3.05) is 47.3 Å². The van der Waals surface area contributed by atoms with E-state index in [1.165, 1.54) is 7.11 Å². The molecule has 0 amide bonds. The molecule has 0 radical (unpaired) electrons. The SMILES string of the molecule is CCC(COCCOC(=O)OCCOC)OC. The molecule has 0 aliphatic rings. The molecule has 0 saturated carbocycles. The second kappa shape index (κ2) is 11.6. The number of methoxy groups -OCH3 is 2. The highest BCUT2D eigenvalue weighted by Gasteiger charge is 2.05. The molecule has 0 aromatic rings. The van der Waals surface area contributed by atoms with Crippen LogP contribution in [0.4, 0.5) is 4.79 Å². The van der Waals surface area contributed by atoms with Gasteiger partial charge in [0.05, 0.1) is 25.9 Å². The molecule has 0 bridgehead atoms. The van der Waals surface area contributed by atoms with Crippen LogP contribution in [-0.4, -0.2) is 59.5 Å². The van der Waals surface area contributed by atoms with Gasteiger partial charge in [0, 0.05) is 14.2 Å². The number of carbonyl (C=O) groups is 1. The molecule has 0 aromatic heterocycles. The fraction of sp³-hybridized carbons (Fsp3) is 0.909. The Labute approximate surface area is 102 Å². The molecule has 1 atom stereocenters. The minimum atomic E-state index is -0.704. The predicted octanol–water partition coefficient (Wildman–Crippen LogP) is 1.23. The van der Waals surface area contributed by atoms with Crippen molar-refractivity contribution in [3.63, 3.8) is 0 Å². The summed E-state index contributed by atoms with van der Waals surface area (Å²) in [4.78, 5) is 10.9. The summed E-state index contributed by atoms with van der Waals surface area (Å²) in [6.07, 6.45) is 0.268. The van der Waals surface area contributed by atoms with Gasteiger partial charge in [-0.05, 0) is 6.42 Å². The zero-order valence-electron chi connectivity index (χ0n) is 10.8. The van der Waals surface area contributed by atoms with Gasteiger partial charge in [0.15, 0.2) is 0 Å². The van der Waals surface area contributed by atoms with E-state index in [-0.39, 0.29) is 19.3 Å². The van der Waals surface area contributed by atoms with E-state index >= 15 is 0 Å². The lowest BCUT2D eigenvalue weighted by Crippen LogP contribution is -2.20. The highest BCUT2D eigenvalue weighted by Crippen LogP contribution is 1.96. The zero-order valence-corrected chi connectivity index (χ0v) is 10.8. The van der Waals surface area contributed by atoms with Gasteiger partial charge in [-0.15, -0.1) is 0 Å². The maximum atomic E-state index is 10.9. The van der Waals surface area contributed by atoms with Crippen LogP contribution in [0.2, 0.25) is 0 Å². The molecule has 0 fully saturated rings. The molecule has 0 N–H and O–H groups in total. The van der Waals surface area contributed by atoms with E-state index in [2.05, 4.69) is 4.74 Å². The Hall–Kier alpha value is -0.850. The number of ether oxygens (including phenoxy) is 5. The third kappa shape index (κ3) is 10.0. The van der Waals surface area contributed by atoms with Crippen LogP contribution in [-0.2, 0) is 23.7 Å². The molecule has 0 aliphatic carbocycles. The monoisotopic (exact) mass is 250 g/mol. The molecule has 6 nitrogen and oxygen atoms in total. The first-order chi connectivity index (χ1) is 8.24. The van der Waals surface area contributed by atoms with Gasteiger partial charge < -0.3 is 23.7 Å². The maximum absolute atomic E-state index is 10.9. The molecule has 0 spiro atoms. The van der Waals surface area contributed by atoms with E-state index in [9.17, 15) is 4.79 Å². The highest BCUT2D eigenvalue weighted by molar-refractivity contribution is 5.59. The topological polar surface area (TPSA) is 63.2 Å². The van der Waals surface area contributed by atoms with Crippen LogP contribution in [0.5, 0.6) is 0 Å². The Bertz CT molecular complexity index is 181. The van der Waals surface area contributed by atoms with Crippen LogP contribution in [0, 0.1) is 0 Å². The van der Waals surface area contributed by atoms with E-state index in [1.807, 2.05) is 6.92 Å². The minimum Gasteiger partial charge on any atom is -0.432 e. The second-order valence-electron chi connectivity index (χ2n) is 3.28. The summed E-state index contributed by atoms with van der Waals surface area (Å²) >= 11 is 0. The summed E-state index contributed by atoms with van der Waals surface area (Å²) in [5, 5.41) is 0. The van der Waals surface area contributed by atoms with E-state index in [4.69, 9.17) is 18.9 Å². The van der Waals surface area contributed by atoms with Crippen LogP contribution in [0.25, 0.3) is 0 Å². The smallest absolute Gasteiger partial charge is 0.432 e. The summed E-state index contributed by atoms with van der Waals surface area (Å²) in [5.74, 6) is 0. The van der Waals surface area contributed by atoms with E-state index < -0.39 is 6.16 Å². The first kappa shape index (κ1) is 16.1. The lowest BCUT2D eigenvalue weighted by atomic mass is 10.3. The number of carbonyl (C=O) groups excluding carboxylic acids is 1. The predicted molar refractivity (Wildman–Crippen MR) is 61.1 cm³/mol. The van der Waals surface area contributed by atoms with Crippen molar-refractivity contribution in [3.05, 3.63) is 0 Å². The molecule has 0 saturated heterocycles. The van der Waals surface area contributed by atoms with Crippen molar-refractivity contribution >= 4 is 6.16 Å². The Balaban J connectivity index is 3.29. The fourth-order valence-electron chi connectivity index (χ4n) is 1.00. The van der Waals surface area contributed by atoms with Gasteiger partial charge in [-0.2, -0.15) is 0 Å². The minimum absolute atomic E-state index is 0.0867.